The Bertz CT molecular complexity index is 752. The average molecular weight is 424 g/mol. The second kappa shape index (κ2) is 7.03. The highest BCUT2D eigenvalue weighted by atomic mass is 79.9. The third-order valence-electron chi connectivity index (χ3n) is 2.85. The summed E-state index contributed by atoms with van der Waals surface area (Å²) >= 11 is 6.67. The minimum atomic E-state index is -0.519. The monoisotopic (exact) mass is 422 g/mol. The molecule has 0 aliphatic rings. The predicted molar refractivity (Wildman–Crippen MR) is 92.2 cm³/mol. The molecule has 0 heterocycles. The molecule has 2 aromatic rings. The van der Waals surface area contributed by atoms with Crippen LogP contribution in [0.2, 0.25) is 0 Å². The van der Waals surface area contributed by atoms with Crippen molar-refractivity contribution in [2.75, 3.05) is 0 Å². The first-order chi connectivity index (χ1) is 10.4. The summed E-state index contributed by atoms with van der Waals surface area (Å²) in [5.41, 5.74) is 1.36. The average Bonchev–Trinajstić information content (AvgIpc) is 2.50. The van der Waals surface area contributed by atoms with E-state index in [9.17, 15) is 9.59 Å². The second-order valence-corrected chi connectivity index (χ2v) is 6.34. The summed E-state index contributed by atoms with van der Waals surface area (Å²) < 4.78 is 6.27. The molecule has 5 heteroatoms. The molecule has 0 amide bonds. The van der Waals surface area contributed by atoms with Crippen molar-refractivity contribution in [2.45, 2.75) is 6.92 Å². The van der Waals surface area contributed by atoms with Gasteiger partial charge in [0.15, 0.2) is 5.78 Å². The van der Waals surface area contributed by atoms with Crippen LogP contribution in [-0.4, -0.2) is 11.8 Å². The molecule has 0 unspecified atom stereocenters. The van der Waals surface area contributed by atoms with Crippen LogP contribution in [0.4, 0.5) is 0 Å². The summed E-state index contributed by atoms with van der Waals surface area (Å²) in [6.07, 6.45) is 0. The van der Waals surface area contributed by atoms with Gasteiger partial charge in [0.2, 0.25) is 0 Å². The number of benzene rings is 2. The highest BCUT2D eigenvalue weighted by Crippen LogP contribution is 2.33. The van der Waals surface area contributed by atoms with Gasteiger partial charge in [0.25, 0.3) is 0 Å². The van der Waals surface area contributed by atoms with E-state index in [1.807, 2.05) is 6.07 Å². The van der Waals surface area contributed by atoms with E-state index < -0.39 is 5.97 Å². The Hall–Kier alpha value is -1.72. The maximum absolute atomic E-state index is 12.5. The molecule has 0 atom stereocenters. The molecule has 22 heavy (non-hydrogen) atoms. The molecule has 112 valence electrons. The van der Waals surface area contributed by atoms with E-state index in [0.29, 0.717) is 31.4 Å². The Morgan fingerprint density at radius 1 is 1.05 bits per heavy atom. The van der Waals surface area contributed by atoms with E-state index >= 15 is 0 Å². The van der Waals surface area contributed by atoms with Crippen molar-refractivity contribution in [2.24, 2.45) is 0 Å². The maximum Gasteiger partial charge on any atom is 0.338 e. The largest absolute Gasteiger partial charge is 0.422 e. The minimum Gasteiger partial charge on any atom is -0.422 e. The van der Waals surface area contributed by atoms with Gasteiger partial charge in [0.1, 0.15) is 5.75 Å². The normalized spacial score (nSPS) is 10.1. The van der Waals surface area contributed by atoms with Crippen LogP contribution in [0.5, 0.6) is 5.75 Å². The molecule has 0 bridgehead atoms. The van der Waals surface area contributed by atoms with Crippen LogP contribution in [0.3, 0.4) is 0 Å². The van der Waals surface area contributed by atoms with Crippen molar-refractivity contribution in [3.05, 3.63) is 74.7 Å². The molecule has 0 N–H and O–H groups in total. The van der Waals surface area contributed by atoms with Gasteiger partial charge in [-0.15, -0.1) is 0 Å². The van der Waals surface area contributed by atoms with Crippen LogP contribution >= 0.6 is 31.9 Å². The molecular formula is C17H12Br2O3. The molecule has 3 nitrogen and oxygen atoms in total. The van der Waals surface area contributed by atoms with E-state index in [1.165, 1.54) is 0 Å². The summed E-state index contributed by atoms with van der Waals surface area (Å²) in [6, 6.07) is 12.2. The van der Waals surface area contributed by atoms with Gasteiger partial charge in [-0.2, -0.15) is 0 Å². The second-order valence-electron chi connectivity index (χ2n) is 4.63. The molecule has 2 rings (SSSR count). The highest BCUT2D eigenvalue weighted by molar-refractivity contribution is 9.11. The maximum atomic E-state index is 12.5. The lowest BCUT2D eigenvalue weighted by molar-refractivity contribution is -0.130. The molecule has 0 spiro atoms. The molecular weight excluding hydrogens is 412 g/mol. The van der Waals surface area contributed by atoms with Crippen molar-refractivity contribution in [3.63, 3.8) is 0 Å². The van der Waals surface area contributed by atoms with Crippen LogP contribution in [-0.2, 0) is 4.79 Å². The fourth-order valence-corrected chi connectivity index (χ4v) is 2.64. The summed E-state index contributed by atoms with van der Waals surface area (Å²) in [7, 11) is 0. The van der Waals surface area contributed by atoms with Gasteiger partial charge in [0.05, 0.1) is 4.47 Å². The van der Waals surface area contributed by atoms with E-state index in [1.54, 1.807) is 43.3 Å². The molecule has 0 aromatic heterocycles. The van der Waals surface area contributed by atoms with E-state index in [2.05, 4.69) is 38.4 Å². The van der Waals surface area contributed by atoms with Gasteiger partial charge in [0, 0.05) is 21.2 Å². The molecule has 0 aliphatic heterocycles. The van der Waals surface area contributed by atoms with Gasteiger partial charge in [-0.3, -0.25) is 4.79 Å². The number of ketones is 1. The minimum absolute atomic E-state index is 0.119. The van der Waals surface area contributed by atoms with E-state index in [-0.39, 0.29) is 5.78 Å². The number of halogens is 2. The zero-order chi connectivity index (χ0) is 16.3. The van der Waals surface area contributed by atoms with E-state index in [4.69, 9.17) is 4.74 Å². The van der Waals surface area contributed by atoms with Crippen molar-refractivity contribution < 1.29 is 14.3 Å². The van der Waals surface area contributed by atoms with Crippen molar-refractivity contribution in [1.82, 2.24) is 0 Å². The summed E-state index contributed by atoms with van der Waals surface area (Å²) in [5, 5.41) is 0. The zero-order valence-electron chi connectivity index (χ0n) is 11.7. The van der Waals surface area contributed by atoms with Gasteiger partial charge >= 0.3 is 5.97 Å². The number of carbonyl (C=O) groups excluding carboxylic acids is 2. The lowest BCUT2D eigenvalue weighted by Gasteiger charge is -2.10. The number of esters is 1. The van der Waals surface area contributed by atoms with Crippen LogP contribution in [0, 0.1) is 0 Å². The number of hydrogen-bond acceptors (Lipinski definition) is 3. The van der Waals surface area contributed by atoms with Gasteiger partial charge in [-0.1, -0.05) is 36.9 Å². The van der Waals surface area contributed by atoms with Crippen LogP contribution < -0.4 is 4.74 Å². The van der Waals surface area contributed by atoms with Crippen molar-refractivity contribution in [3.8, 4) is 5.75 Å². The van der Waals surface area contributed by atoms with Crippen LogP contribution in [0.25, 0.3) is 0 Å². The fourth-order valence-electron chi connectivity index (χ4n) is 1.71. The Kier molecular flexibility index (Phi) is 5.32. The smallest absolute Gasteiger partial charge is 0.338 e. The molecule has 0 saturated carbocycles. The standard InChI is InChI=1S/C17H12Br2O3/c1-10(2)17(21)22-15-9-13(18)12(8-14(15)19)16(20)11-6-4-3-5-7-11/h3-9H,1H2,2H3. The topological polar surface area (TPSA) is 43.4 Å². The summed E-state index contributed by atoms with van der Waals surface area (Å²) in [6.45, 7) is 5.10. The lowest BCUT2D eigenvalue weighted by Crippen LogP contribution is -2.09. The lowest BCUT2D eigenvalue weighted by atomic mass is 10.0. The molecule has 2 aromatic carbocycles. The molecule has 0 fully saturated rings. The van der Waals surface area contributed by atoms with Crippen molar-refractivity contribution >= 4 is 43.6 Å². The van der Waals surface area contributed by atoms with Crippen LogP contribution in [0.1, 0.15) is 22.8 Å². The number of rotatable bonds is 4. The molecule has 0 aliphatic carbocycles. The zero-order valence-corrected chi connectivity index (χ0v) is 14.9. The molecule has 0 saturated heterocycles. The van der Waals surface area contributed by atoms with Gasteiger partial charge < -0.3 is 4.74 Å². The molecule has 0 radical (unpaired) electrons. The number of hydrogen-bond donors (Lipinski definition) is 0. The third-order valence-corrected chi connectivity index (χ3v) is 4.13. The highest BCUT2D eigenvalue weighted by Gasteiger charge is 2.17. The number of ether oxygens (including phenoxy) is 1. The van der Waals surface area contributed by atoms with Crippen molar-refractivity contribution in [1.29, 1.82) is 0 Å². The summed E-state index contributed by atoms with van der Waals surface area (Å²) in [5.74, 6) is -0.315. The Balaban J connectivity index is 2.36. The predicted octanol–water partition coefficient (Wildman–Crippen LogP) is 4.92. The third kappa shape index (κ3) is 3.72. The first-order valence-corrected chi connectivity index (χ1v) is 7.95. The Morgan fingerprint density at radius 3 is 2.27 bits per heavy atom. The van der Waals surface area contributed by atoms with Gasteiger partial charge in [-0.25, -0.2) is 4.79 Å². The number of carbonyl (C=O) groups is 2. The SMILES string of the molecule is C=C(C)C(=O)Oc1cc(Br)c(C(=O)c2ccccc2)cc1Br. The first kappa shape index (κ1) is 16.6. The first-order valence-electron chi connectivity index (χ1n) is 6.36. The Labute approximate surface area is 145 Å². The summed E-state index contributed by atoms with van der Waals surface area (Å²) in [4.78, 5) is 24.1. The quantitative estimate of drug-likeness (QED) is 0.303. The fraction of sp³-hybridized carbons (Fsp3) is 0.0588. The van der Waals surface area contributed by atoms with E-state index in [0.717, 1.165) is 0 Å². The van der Waals surface area contributed by atoms with Crippen LogP contribution in [0.15, 0.2) is 63.6 Å². The van der Waals surface area contributed by atoms with Gasteiger partial charge in [-0.05, 0) is 50.9 Å². The Morgan fingerprint density at radius 2 is 1.68 bits per heavy atom.